The highest BCUT2D eigenvalue weighted by Crippen LogP contribution is 2.31. The maximum absolute atomic E-state index is 10.8. The first-order chi connectivity index (χ1) is 18.8. The van der Waals surface area contributed by atoms with Crippen LogP contribution in [0.2, 0.25) is 0 Å². The molecule has 0 amide bonds. The molecule has 1 aromatic carbocycles. The number of hydrogen-bond acceptors (Lipinski definition) is 7. The number of aliphatic hydroxyl groups excluding tert-OH is 3. The standard InChI is InChI=1S/C31H46N2O6/c1-4-5-7-25-12-13-26(39-25)11-9-23-10-14-29(36)31(16-23)38-20-30(37)28-17-24(19-33-28)22(3)27(8-6-15-34)32-18-21(2)35/h10,12-14,16-17,19,21-22,25,27,30,32,34-35,37,39H,4-9,11,15,18,20H2,1-3H3/p+1/t21-,22-,25?,27-,30-/m0/s1. The van der Waals surface area contributed by atoms with Crippen LogP contribution in [0, 0.1) is 17.9 Å². The quantitative estimate of drug-likeness (QED) is 0.142. The average Bonchev–Trinajstić information content (AvgIpc) is 3.60. The first-order valence-electron chi connectivity index (χ1n) is 14.3. The molecule has 2 heterocycles. The Labute approximate surface area is 233 Å². The number of hydrogen-bond donors (Lipinski definition) is 5. The summed E-state index contributed by atoms with van der Waals surface area (Å²) in [5.74, 6) is 1.41. The second-order valence-electron chi connectivity index (χ2n) is 10.7. The van der Waals surface area contributed by atoms with Gasteiger partial charge in [0, 0.05) is 25.6 Å². The molecule has 8 heteroatoms. The number of benzene rings is 1. The molecule has 0 aromatic heterocycles. The monoisotopic (exact) mass is 543 g/mol. The first kappa shape index (κ1) is 31.0. The zero-order valence-corrected chi connectivity index (χ0v) is 23.6. The molecule has 0 saturated heterocycles. The van der Waals surface area contributed by atoms with Crippen LogP contribution in [0.3, 0.4) is 0 Å². The predicted molar refractivity (Wildman–Crippen MR) is 155 cm³/mol. The van der Waals surface area contributed by atoms with Gasteiger partial charge in [-0.1, -0.05) is 19.4 Å². The number of nitrogens with zero attached hydrogens (tertiary/aromatic N) is 1. The number of aryl methyl sites for hydroxylation is 1. The van der Waals surface area contributed by atoms with E-state index in [4.69, 9.17) is 9.47 Å². The molecule has 1 aromatic rings. The van der Waals surface area contributed by atoms with E-state index >= 15 is 0 Å². The molecule has 0 aliphatic carbocycles. The Hall–Kier alpha value is -2.49. The van der Waals surface area contributed by atoms with Crippen molar-refractivity contribution in [3.63, 3.8) is 0 Å². The van der Waals surface area contributed by atoms with Gasteiger partial charge in [0.05, 0.1) is 18.1 Å². The van der Waals surface area contributed by atoms with E-state index < -0.39 is 12.2 Å². The predicted octanol–water partition coefficient (Wildman–Crippen LogP) is 3.54. The first-order valence-corrected chi connectivity index (χ1v) is 14.3. The fraction of sp³-hybridized carbons (Fsp3) is 0.581. The van der Waals surface area contributed by atoms with Gasteiger partial charge in [0.1, 0.15) is 30.9 Å². The lowest BCUT2D eigenvalue weighted by Crippen LogP contribution is -2.41. The summed E-state index contributed by atoms with van der Waals surface area (Å²) in [7, 11) is 0. The molecule has 0 radical (unpaired) electrons. The number of aliphatic hydroxyl groups is 5. The fourth-order valence-electron chi connectivity index (χ4n) is 4.82. The van der Waals surface area contributed by atoms with Gasteiger partial charge in [-0.3, -0.25) is 0 Å². The third-order valence-corrected chi connectivity index (χ3v) is 7.28. The topological polar surface area (TPSA) is 127 Å². The van der Waals surface area contributed by atoms with Crippen LogP contribution in [-0.2, 0) is 6.42 Å². The van der Waals surface area contributed by atoms with Crippen molar-refractivity contribution in [2.75, 3.05) is 19.8 Å². The van der Waals surface area contributed by atoms with Crippen molar-refractivity contribution in [3.05, 3.63) is 59.7 Å². The van der Waals surface area contributed by atoms with Gasteiger partial charge < -0.3 is 35.2 Å². The van der Waals surface area contributed by atoms with Gasteiger partial charge >= 0.3 is 0 Å². The highest BCUT2D eigenvalue weighted by Gasteiger charge is 2.35. The number of aliphatic imine (C=N–C) groups is 1. The minimum atomic E-state index is -0.951. The van der Waals surface area contributed by atoms with Crippen molar-refractivity contribution >= 4 is 6.21 Å². The molecule has 8 nitrogen and oxygen atoms in total. The lowest BCUT2D eigenvalue weighted by Gasteiger charge is -2.24. The average molecular weight is 544 g/mol. The largest absolute Gasteiger partial charge is 0.504 e. The summed E-state index contributed by atoms with van der Waals surface area (Å²) in [6.07, 6.45) is 14.4. The molecule has 39 heavy (non-hydrogen) atoms. The molecule has 1 unspecified atom stereocenters. The molecule has 3 rings (SSSR count). The number of unbranched alkanes of at least 4 members (excludes halogenated alkanes) is 1. The lowest BCUT2D eigenvalue weighted by molar-refractivity contribution is -0.0480. The van der Waals surface area contributed by atoms with E-state index in [9.17, 15) is 20.4 Å². The number of nitrogens with one attached hydrogen (secondary N) is 1. The fourth-order valence-corrected chi connectivity index (χ4v) is 4.82. The van der Waals surface area contributed by atoms with Gasteiger partial charge in [0.25, 0.3) is 0 Å². The smallest absolute Gasteiger partial charge is 0.207 e. The zero-order chi connectivity index (χ0) is 28.2. The van der Waals surface area contributed by atoms with E-state index in [2.05, 4.69) is 36.3 Å². The normalized spacial score (nSPS) is 19.8. The summed E-state index contributed by atoms with van der Waals surface area (Å²) in [5, 5.41) is 43.4. The summed E-state index contributed by atoms with van der Waals surface area (Å²) in [4.78, 5) is 4.41. The van der Waals surface area contributed by atoms with Crippen molar-refractivity contribution in [3.8, 4) is 11.5 Å². The number of phenols is 1. The molecule has 5 atom stereocenters. The van der Waals surface area contributed by atoms with Gasteiger partial charge in [0.15, 0.2) is 17.6 Å². The Morgan fingerprint density at radius 3 is 2.79 bits per heavy atom. The van der Waals surface area contributed by atoms with Crippen molar-refractivity contribution in [1.82, 2.24) is 5.32 Å². The van der Waals surface area contributed by atoms with Crippen molar-refractivity contribution < 1.29 is 29.9 Å². The van der Waals surface area contributed by atoms with Crippen LogP contribution in [0.5, 0.6) is 11.5 Å². The van der Waals surface area contributed by atoms with Crippen LogP contribution in [0.1, 0.15) is 64.9 Å². The van der Waals surface area contributed by atoms with E-state index in [-0.39, 0.29) is 30.9 Å². The Morgan fingerprint density at radius 1 is 1.23 bits per heavy atom. The van der Waals surface area contributed by atoms with E-state index in [0.717, 1.165) is 43.3 Å². The number of allylic oxidation sites excluding steroid dienone is 1. The Balaban J connectivity index is 1.50. The minimum absolute atomic E-state index is 0.0318. The zero-order valence-electron chi connectivity index (χ0n) is 23.6. The molecule has 0 fully saturated rings. The molecule has 0 bridgehead atoms. The van der Waals surface area contributed by atoms with Crippen LogP contribution in [0.4, 0.5) is 0 Å². The van der Waals surface area contributed by atoms with Crippen LogP contribution >= 0.6 is 0 Å². The Morgan fingerprint density at radius 2 is 2.05 bits per heavy atom. The van der Waals surface area contributed by atoms with Gasteiger partial charge in [0.2, 0.25) is 5.70 Å². The highest BCUT2D eigenvalue weighted by molar-refractivity contribution is 5.83. The SMILES string of the molecule is CCCCC1C=C[C-](CCc2ccc(O)c(OC[C@H](O)C3=C[C+]([C@H](C)[C@H](CCCO)NC[C@H](C)O)C=N3)c2)[OH+]1. The number of aromatic hydroxyl groups is 1. The molecule has 2 aliphatic rings. The Kier molecular flexibility index (Phi) is 12.7. The van der Waals surface area contributed by atoms with Crippen molar-refractivity contribution in [2.24, 2.45) is 10.9 Å². The third kappa shape index (κ3) is 9.89. The van der Waals surface area contributed by atoms with E-state index in [1.807, 2.05) is 18.2 Å². The third-order valence-electron chi connectivity index (χ3n) is 7.28. The number of rotatable bonds is 18. The number of phenolic OH excluding ortho intramolecular Hbond substituents is 1. The molecule has 0 saturated carbocycles. The summed E-state index contributed by atoms with van der Waals surface area (Å²) in [5.41, 5.74) is 1.54. The van der Waals surface area contributed by atoms with Crippen LogP contribution < -0.4 is 10.1 Å². The van der Waals surface area contributed by atoms with Gasteiger partial charge in [-0.05, 0) is 63.6 Å². The highest BCUT2D eigenvalue weighted by atomic mass is 16.5. The van der Waals surface area contributed by atoms with Gasteiger partial charge in [-0.2, -0.15) is 0 Å². The summed E-state index contributed by atoms with van der Waals surface area (Å²) < 4.78 is 10.6. The molecule has 2 aliphatic heterocycles. The molecular weight excluding hydrogens is 496 g/mol. The maximum atomic E-state index is 10.8. The van der Waals surface area contributed by atoms with Crippen LogP contribution in [0.25, 0.3) is 0 Å². The molecular formula is C31H47N2O6+. The molecule has 6 N–H and O–H groups in total. The van der Waals surface area contributed by atoms with E-state index in [0.29, 0.717) is 30.5 Å². The van der Waals surface area contributed by atoms with Gasteiger partial charge in [-0.15, -0.1) is 17.1 Å². The molecule has 0 spiro atoms. The maximum Gasteiger partial charge on any atom is 0.207 e. The van der Waals surface area contributed by atoms with Crippen molar-refractivity contribution in [1.29, 1.82) is 0 Å². The van der Waals surface area contributed by atoms with Crippen LogP contribution in [-0.4, -0.2) is 75.5 Å². The van der Waals surface area contributed by atoms with Gasteiger partial charge in [-0.25, -0.2) is 0 Å². The van der Waals surface area contributed by atoms with E-state index in [1.165, 1.54) is 12.8 Å². The lowest BCUT2D eigenvalue weighted by atomic mass is 9.86. The summed E-state index contributed by atoms with van der Waals surface area (Å²) in [6, 6.07) is 5.39. The Bertz CT molecular complexity index is 962. The van der Waals surface area contributed by atoms with Crippen molar-refractivity contribution in [2.45, 2.75) is 90.1 Å². The summed E-state index contributed by atoms with van der Waals surface area (Å²) in [6.45, 7) is 6.54. The summed E-state index contributed by atoms with van der Waals surface area (Å²) >= 11 is 0. The molecule has 216 valence electrons. The second-order valence-corrected chi connectivity index (χ2v) is 10.7. The number of ether oxygens (including phenoxy) is 2. The van der Waals surface area contributed by atoms with E-state index in [1.54, 1.807) is 19.2 Å². The van der Waals surface area contributed by atoms with Crippen LogP contribution in [0.15, 0.2) is 47.1 Å². The minimum Gasteiger partial charge on any atom is -0.504 e. The second kappa shape index (κ2) is 15.9.